The van der Waals surface area contributed by atoms with Gasteiger partial charge < -0.3 is 24.6 Å². The smallest absolute Gasteiger partial charge is 0.322 e. The number of urea groups is 1. The van der Waals surface area contributed by atoms with Gasteiger partial charge in [-0.2, -0.15) is 9.97 Å². The van der Waals surface area contributed by atoms with Crippen molar-refractivity contribution in [3.63, 3.8) is 0 Å². The number of esters is 1. The normalized spacial score (nSPS) is 27.0. The van der Waals surface area contributed by atoms with Gasteiger partial charge in [-0.15, -0.1) is 0 Å². The third-order valence-electron chi connectivity index (χ3n) is 13.0. The molecule has 1 aliphatic carbocycles. The first-order chi connectivity index (χ1) is 26.6. The van der Waals surface area contributed by atoms with Crippen molar-refractivity contribution >= 4 is 40.2 Å². The molecule has 6 aliphatic rings. The maximum atomic E-state index is 15.5. The van der Waals surface area contributed by atoms with E-state index in [1.54, 1.807) is 6.07 Å². The van der Waals surface area contributed by atoms with Crippen LogP contribution in [0.5, 0.6) is 11.8 Å². The Hall–Kier alpha value is -4.59. The molecule has 2 N–H and O–H groups in total. The number of fused-ring (bicyclic) bond motifs is 3. The van der Waals surface area contributed by atoms with E-state index in [1.807, 2.05) is 19.1 Å². The Labute approximate surface area is 319 Å². The van der Waals surface area contributed by atoms with Gasteiger partial charge in [-0.1, -0.05) is 32.3 Å². The highest BCUT2D eigenvalue weighted by molar-refractivity contribution is 6.07. The number of benzene rings is 2. The molecule has 0 radical (unpaired) electrons. The summed E-state index contributed by atoms with van der Waals surface area (Å²) in [6.07, 6.45) is 8.32. The third kappa shape index (κ3) is 6.53. The first-order valence-electron chi connectivity index (χ1n) is 20.2. The van der Waals surface area contributed by atoms with Crippen LogP contribution in [0.4, 0.5) is 25.1 Å². The molecule has 1 aromatic heterocycles. The Kier molecular flexibility index (Phi) is 9.29. The fourth-order valence-electron chi connectivity index (χ4n) is 10.3. The molecular weight excluding hydrogens is 708 g/mol. The largest absolute Gasteiger partial charge is 0.461 e. The number of anilines is 2. The van der Waals surface area contributed by atoms with Crippen LogP contribution >= 0.6 is 0 Å². The van der Waals surface area contributed by atoms with Crippen LogP contribution in [0.1, 0.15) is 88.0 Å². The molecule has 2 aromatic carbocycles. The zero-order chi connectivity index (χ0) is 37.9. The van der Waals surface area contributed by atoms with Gasteiger partial charge >= 0.3 is 18.0 Å². The first-order valence-corrected chi connectivity index (χ1v) is 20.2. The average molecular weight is 758 g/mol. The number of imide groups is 1. The van der Waals surface area contributed by atoms with Crippen molar-refractivity contribution in [1.82, 2.24) is 25.5 Å². The molecule has 0 unspecified atom stereocenters. The van der Waals surface area contributed by atoms with E-state index < -0.39 is 23.3 Å². The second-order valence-electron chi connectivity index (χ2n) is 16.5. The van der Waals surface area contributed by atoms with E-state index >= 15 is 4.39 Å². The summed E-state index contributed by atoms with van der Waals surface area (Å²) in [6, 6.07) is 6.61. The highest BCUT2D eigenvalue weighted by Gasteiger charge is 2.51. The maximum Gasteiger partial charge on any atom is 0.322 e. The second-order valence-corrected chi connectivity index (χ2v) is 16.5. The summed E-state index contributed by atoms with van der Waals surface area (Å²) in [5.74, 6) is 0.109. The molecule has 3 atom stereocenters. The lowest BCUT2D eigenvalue weighted by atomic mass is 9.88. The van der Waals surface area contributed by atoms with Crippen molar-refractivity contribution in [2.45, 2.75) is 108 Å². The number of carbonyl (C=O) groups excluding carboxylic acids is 3. The minimum Gasteiger partial charge on any atom is -0.461 e. The Morgan fingerprint density at radius 1 is 1.02 bits per heavy atom. The number of nitrogens with zero attached hydrogens (tertiary/aromatic N) is 5. The highest BCUT2D eigenvalue weighted by atomic mass is 19.1. The number of nitrogens with one attached hydrogen (secondary N) is 2. The lowest BCUT2D eigenvalue weighted by molar-refractivity contribution is -0.140. The Morgan fingerprint density at radius 2 is 1.85 bits per heavy atom. The number of carbonyl (C=O) groups is 3. The Bertz CT molecular complexity index is 2040. The van der Waals surface area contributed by atoms with Gasteiger partial charge in [-0.3, -0.25) is 19.8 Å². The molecule has 0 bridgehead atoms. The number of alkyl halides is 1. The van der Waals surface area contributed by atoms with Gasteiger partial charge in [0.15, 0.2) is 0 Å². The lowest BCUT2D eigenvalue weighted by Gasteiger charge is -2.40. The average Bonchev–Trinajstić information content (AvgIpc) is 3.81. The molecule has 3 aromatic rings. The summed E-state index contributed by atoms with van der Waals surface area (Å²) in [5.41, 5.74) is 1.54. The van der Waals surface area contributed by atoms with E-state index in [0.717, 1.165) is 79.2 Å². The molecule has 9 rings (SSSR count). The summed E-state index contributed by atoms with van der Waals surface area (Å²) < 4.78 is 42.6. The fourth-order valence-corrected chi connectivity index (χ4v) is 10.3. The maximum absolute atomic E-state index is 15.5. The molecule has 6 heterocycles. The molecule has 55 heavy (non-hydrogen) atoms. The number of hydrogen-bond donors (Lipinski definition) is 2. The van der Waals surface area contributed by atoms with Gasteiger partial charge in [0.25, 0.3) is 5.91 Å². The number of aromatic nitrogens is 2. The second kappa shape index (κ2) is 14.2. The van der Waals surface area contributed by atoms with Crippen molar-refractivity contribution in [2.24, 2.45) is 5.92 Å². The monoisotopic (exact) mass is 757 g/mol. The van der Waals surface area contributed by atoms with Crippen LogP contribution in [-0.2, 0) is 29.0 Å². The summed E-state index contributed by atoms with van der Waals surface area (Å²) in [5, 5.41) is 6.85. The summed E-state index contributed by atoms with van der Waals surface area (Å²) in [4.78, 5) is 55.1. The van der Waals surface area contributed by atoms with Crippen molar-refractivity contribution < 1.29 is 32.6 Å². The van der Waals surface area contributed by atoms with Crippen LogP contribution in [-0.4, -0.2) is 89.4 Å². The van der Waals surface area contributed by atoms with Gasteiger partial charge in [0.2, 0.25) is 0 Å². The molecule has 1 spiro atoms. The quantitative estimate of drug-likeness (QED) is 0.172. The molecule has 292 valence electrons. The van der Waals surface area contributed by atoms with E-state index in [0.29, 0.717) is 75.4 Å². The molecule has 5 aliphatic heterocycles. The first kappa shape index (κ1) is 36.1. The summed E-state index contributed by atoms with van der Waals surface area (Å²) >= 11 is 0. The van der Waals surface area contributed by atoms with Crippen LogP contribution in [0, 0.1) is 11.7 Å². The van der Waals surface area contributed by atoms with Gasteiger partial charge in [-0.25, -0.2) is 13.6 Å². The number of ether oxygens (including phenoxy) is 2. The zero-order valence-corrected chi connectivity index (χ0v) is 31.4. The minimum atomic E-state index is -1.06. The summed E-state index contributed by atoms with van der Waals surface area (Å²) in [7, 11) is 0. The SMILES string of the molecule is CCc1c(F)ccc2cc(OC(=O)C3CCCCC3)cc(N3CCc4c(nc(OC[C@@]56CCCN5C[C@H](F)C6)nc4N4CCC[C@]5(C4)NC(=O)NC5=O)C3)c12. The lowest BCUT2D eigenvalue weighted by Crippen LogP contribution is -2.59. The number of hydrogen-bond acceptors (Lipinski definition) is 10. The van der Waals surface area contributed by atoms with Crippen LogP contribution < -0.4 is 29.9 Å². The molecular formula is C41H49F2N7O5. The number of rotatable bonds is 8. The van der Waals surface area contributed by atoms with E-state index in [-0.39, 0.29) is 42.8 Å². The van der Waals surface area contributed by atoms with E-state index in [4.69, 9.17) is 19.4 Å². The fraction of sp³-hybridized carbons (Fsp3) is 0.585. The number of aryl methyl sites for hydroxylation is 1. The van der Waals surface area contributed by atoms with Crippen LogP contribution in [0.25, 0.3) is 10.8 Å². The van der Waals surface area contributed by atoms with Crippen LogP contribution in [0.15, 0.2) is 24.3 Å². The summed E-state index contributed by atoms with van der Waals surface area (Å²) in [6.45, 7) is 5.19. The number of piperidine rings is 1. The van der Waals surface area contributed by atoms with Gasteiger partial charge in [0, 0.05) is 48.8 Å². The Balaban J connectivity index is 1.08. The van der Waals surface area contributed by atoms with Gasteiger partial charge in [0.1, 0.15) is 35.7 Å². The molecule has 3 amide bonds. The van der Waals surface area contributed by atoms with E-state index in [2.05, 4.69) is 25.3 Å². The van der Waals surface area contributed by atoms with Gasteiger partial charge in [-0.05, 0) is 81.0 Å². The predicted octanol–water partition coefficient (Wildman–Crippen LogP) is 5.51. The Morgan fingerprint density at radius 3 is 2.65 bits per heavy atom. The van der Waals surface area contributed by atoms with Gasteiger partial charge in [0.05, 0.1) is 30.2 Å². The van der Waals surface area contributed by atoms with Crippen molar-refractivity contribution in [1.29, 1.82) is 0 Å². The topological polar surface area (TPSA) is 129 Å². The third-order valence-corrected chi connectivity index (χ3v) is 13.0. The molecule has 1 saturated carbocycles. The molecule has 12 nitrogen and oxygen atoms in total. The zero-order valence-electron chi connectivity index (χ0n) is 31.4. The molecule has 14 heteroatoms. The van der Waals surface area contributed by atoms with Crippen molar-refractivity contribution in [2.75, 3.05) is 49.1 Å². The van der Waals surface area contributed by atoms with E-state index in [1.165, 1.54) is 6.07 Å². The number of amides is 3. The molecule has 4 saturated heterocycles. The van der Waals surface area contributed by atoms with Crippen molar-refractivity contribution in [3.8, 4) is 11.8 Å². The molecule has 5 fully saturated rings. The van der Waals surface area contributed by atoms with Crippen LogP contribution in [0.3, 0.4) is 0 Å². The minimum absolute atomic E-state index is 0.129. The van der Waals surface area contributed by atoms with E-state index in [9.17, 15) is 18.8 Å². The highest BCUT2D eigenvalue weighted by Crippen LogP contribution is 2.43. The standard InChI is InChI=1S/C41H49F2N7O5/c1-2-29-31(43)11-10-26-18-28(55-36(51)25-8-4-3-5-9-25)19-33(34(26)29)48-17-12-30-32(22-48)44-39(54-24-40-13-6-16-50(40)21-27(42)20-40)45-35(30)49-15-7-14-41(23-49)37(52)46-38(53)47-41/h10-11,18-19,25,27H,2-9,12-17,20-24H2,1H3,(H2,46,47,52,53)/t27-,40+,41-/m1/s1. The van der Waals surface area contributed by atoms with Crippen molar-refractivity contribution in [3.05, 3.63) is 46.9 Å². The number of halogens is 2. The predicted molar refractivity (Wildman–Crippen MR) is 202 cm³/mol. The van der Waals surface area contributed by atoms with Crippen LogP contribution in [0.2, 0.25) is 0 Å².